The molecule has 2 heterocycles. The van der Waals surface area contributed by atoms with Crippen LogP contribution in [0.4, 0.5) is 4.39 Å². The molecule has 0 aliphatic carbocycles. The summed E-state index contributed by atoms with van der Waals surface area (Å²) in [5.41, 5.74) is 2.99. The summed E-state index contributed by atoms with van der Waals surface area (Å²) in [6.45, 7) is 2.68. The smallest absolute Gasteiger partial charge is 0.124 e. The molecule has 172 valence electrons. The molecule has 33 heavy (non-hydrogen) atoms. The molecular formula is C28H31FN2O2. The van der Waals surface area contributed by atoms with Gasteiger partial charge in [0.05, 0.1) is 19.2 Å². The minimum absolute atomic E-state index is 0.202. The number of halogens is 1. The molecule has 1 saturated heterocycles. The molecular weight excluding hydrogens is 415 g/mol. The summed E-state index contributed by atoms with van der Waals surface area (Å²) < 4.78 is 18.7. The van der Waals surface area contributed by atoms with Crippen LogP contribution < -0.4 is 4.74 Å². The molecule has 1 aromatic heterocycles. The first-order valence-electron chi connectivity index (χ1n) is 11.7. The number of aliphatic hydroxyl groups is 1. The van der Waals surface area contributed by atoms with Crippen LogP contribution in [-0.2, 0) is 6.42 Å². The number of fused-ring (bicyclic) bond motifs is 1. The molecule has 1 aliphatic rings. The molecule has 0 unspecified atom stereocenters. The fourth-order valence-electron chi connectivity index (χ4n) is 4.79. The lowest BCUT2D eigenvalue weighted by Crippen LogP contribution is -2.42. The molecule has 0 amide bonds. The molecule has 0 radical (unpaired) electrons. The Morgan fingerprint density at radius 2 is 2.09 bits per heavy atom. The number of aryl methyl sites for hydroxylation is 1. The van der Waals surface area contributed by atoms with Gasteiger partial charge in [0.15, 0.2) is 0 Å². The van der Waals surface area contributed by atoms with E-state index in [1.165, 1.54) is 17.7 Å². The maximum Gasteiger partial charge on any atom is 0.124 e. The van der Waals surface area contributed by atoms with Gasteiger partial charge in [0, 0.05) is 30.3 Å². The van der Waals surface area contributed by atoms with Crippen LogP contribution in [0.2, 0.25) is 0 Å². The standard InChI is InChI=1S/C28H31FN2O2/c1-33-26-10-11-28-27(18-26)23(12-14-30-28)8-3-7-22-13-16-31(19-24(22)20-32)15-4-6-21-5-2-9-25(29)17-21/h2,5,9-12,14,17-18,22,24,32H,3,7-8,13,15-16,19-20H2,1H3/t22-,24-/m1/s1. The number of pyridine rings is 1. The zero-order chi connectivity index (χ0) is 23.0. The summed E-state index contributed by atoms with van der Waals surface area (Å²) in [4.78, 5) is 6.77. The van der Waals surface area contributed by atoms with Gasteiger partial charge in [0.1, 0.15) is 11.6 Å². The topological polar surface area (TPSA) is 45.6 Å². The molecule has 2 aromatic carbocycles. The maximum absolute atomic E-state index is 13.3. The minimum Gasteiger partial charge on any atom is -0.497 e. The van der Waals surface area contributed by atoms with E-state index in [-0.39, 0.29) is 18.3 Å². The molecule has 0 saturated carbocycles. The Labute approximate surface area is 195 Å². The van der Waals surface area contributed by atoms with Crippen LogP contribution in [-0.4, -0.2) is 48.3 Å². The van der Waals surface area contributed by atoms with E-state index in [1.54, 1.807) is 13.2 Å². The van der Waals surface area contributed by atoms with Crippen LogP contribution >= 0.6 is 0 Å². The lowest BCUT2D eigenvalue weighted by atomic mass is 9.82. The van der Waals surface area contributed by atoms with Gasteiger partial charge in [-0.15, -0.1) is 0 Å². The summed E-state index contributed by atoms with van der Waals surface area (Å²) in [6.07, 6.45) is 6.12. The van der Waals surface area contributed by atoms with Crippen molar-refractivity contribution in [3.8, 4) is 17.6 Å². The Morgan fingerprint density at radius 1 is 1.18 bits per heavy atom. The van der Waals surface area contributed by atoms with E-state index in [4.69, 9.17) is 4.74 Å². The highest BCUT2D eigenvalue weighted by molar-refractivity contribution is 5.83. The number of piperidine rings is 1. The second-order valence-electron chi connectivity index (χ2n) is 8.78. The largest absolute Gasteiger partial charge is 0.497 e. The predicted molar refractivity (Wildman–Crippen MR) is 130 cm³/mol. The van der Waals surface area contributed by atoms with Crippen LogP contribution in [0.25, 0.3) is 10.9 Å². The van der Waals surface area contributed by atoms with Crippen molar-refractivity contribution in [3.63, 3.8) is 0 Å². The number of aliphatic hydroxyl groups excluding tert-OH is 1. The molecule has 1 fully saturated rings. The second-order valence-corrected chi connectivity index (χ2v) is 8.78. The van der Waals surface area contributed by atoms with Crippen LogP contribution in [0.5, 0.6) is 5.75 Å². The van der Waals surface area contributed by atoms with E-state index >= 15 is 0 Å². The summed E-state index contributed by atoms with van der Waals surface area (Å²) in [6, 6.07) is 14.5. The third-order valence-corrected chi connectivity index (χ3v) is 6.63. The quantitative estimate of drug-likeness (QED) is 0.535. The number of methoxy groups -OCH3 is 1. The molecule has 0 bridgehead atoms. The van der Waals surface area contributed by atoms with Gasteiger partial charge < -0.3 is 9.84 Å². The molecule has 3 aromatic rings. The van der Waals surface area contributed by atoms with E-state index in [1.807, 2.05) is 24.4 Å². The monoisotopic (exact) mass is 446 g/mol. The molecule has 1 aliphatic heterocycles. The fraction of sp³-hybridized carbons (Fsp3) is 0.393. The number of hydrogen-bond donors (Lipinski definition) is 1. The van der Waals surface area contributed by atoms with Crippen molar-refractivity contribution in [2.45, 2.75) is 25.7 Å². The number of hydrogen-bond acceptors (Lipinski definition) is 4. The van der Waals surface area contributed by atoms with E-state index in [9.17, 15) is 9.50 Å². The Bertz CT molecular complexity index is 1140. The number of likely N-dealkylation sites (tertiary alicyclic amines) is 1. The third kappa shape index (κ3) is 6.10. The lowest BCUT2D eigenvalue weighted by molar-refractivity contribution is 0.0748. The number of rotatable bonds is 7. The van der Waals surface area contributed by atoms with Crippen LogP contribution in [0.15, 0.2) is 54.7 Å². The number of ether oxygens (including phenoxy) is 1. The Hall–Kier alpha value is -2.94. The highest BCUT2D eigenvalue weighted by Crippen LogP contribution is 2.29. The fourth-order valence-corrected chi connectivity index (χ4v) is 4.79. The van der Waals surface area contributed by atoms with Crippen molar-refractivity contribution in [1.29, 1.82) is 0 Å². The number of aromatic nitrogens is 1. The molecule has 0 spiro atoms. The van der Waals surface area contributed by atoms with Crippen LogP contribution in [0.1, 0.15) is 30.4 Å². The van der Waals surface area contributed by atoms with Gasteiger partial charge in [-0.2, -0.15) is 0 Å². The highest BCUT2D eigenvalue weighted by atomic mass is 19.1. The molecule has 4 rings (SSSR count). The lowest BCUT2D eigenvalue weighted by Gasteiger charge is -2.37. The van der Waals surface area contributed by atoms with Gasteiger partial charge in [0.25, 0.3) is 0 Å². The minimum atomic E-state index is -0.262. The normalized spacial score (nSPS) is 18.6. The first-order valence-corrected chi connectivity index (χ1v) is 11.7. The van der Waals surface area contributed by atoms with Crippen LogP contribution in [0.3, 0.4) is 0 Å². The zero-order valence-electron chi connectivity index (χ0n) is 19.1. The number of benzene rings is 2. The summed E-state index contributed by atoms with van der Waals surface area (Å²) >= 11 is 0. The highest BCUT2D eigenvalue weighted by Gasteiger charge is 2.28. The van der Waals surface area contributed by atoms with E-state index < -0.39 is 0 Å². The van der Waals surface area contributed by atoms with Crippen molar-refractivity contribution < 1.29 is 14.2 Å². The first-order chi connectivity index (χ1) is 16.2. The van der Waals surface area contributed by atoms with Gasteiger partial charge in [-0.25, -0.2) is 4.39 Å². The van der Waals surface area contributed by atoms with Crippen molar-refractivity contribution in [2.24, 2.45) is 11.8 Å². The maximum atomic E-state index is 13.3. The Kier molecular flexibility index (Phi) is 7.93. The summed E-state index contributed by atoms with van der Waals surface area (Å²) in [7, 11) is 1.69. The van der Waals surface area contributed by atoms with Gasteiger partial charge in [-0.1, -0.05) is 17.9 Å². The Morgan fingerprint density at radius 3 is 2.91 bits per heavy atom. The third-order valence-electron chi connectivity index (χ3n) is 6.63. The van der Waals surface area contributed by atoms with Crippen molar-refractivity contribution >= 4 is 10.9 Å². The van der Waals surface area contributed by atoms with E-state index in [0.29, 0.717) is 18.0 Å². The predicted octanol–water partition coefficient (Wildman–Crippen LogP) is 4.69. The Balaban J connectivity index is 1.30. The average Bonchev–Trinajstić information content (AvgIpc) is 2.84. The van der Waals surface area contributed by atoms with Gasteiger partial charge in [-0.05, 0) is 92.1 Å². The van der Waals surface area contributed by atoms with Crippen LogP contribution in [0, 0.1) is 29.5 Å². The van der Waals surface area contributed by atoms with E-state index in [0.717, 1.165) is 55.4 Å². The molecule has 5 heteroatoms. The zero-order valence-corrected chi connectivity index (χ0v) is 19.1. The van der Waals surface area contributed by atoms with Gasteiger partial charge >= 0.3 is 0 Å². The first kappa shape index (κ1) is 23.2. The van der Waals surface area contributed by atoms with Crippen molar-refractivity contribution in [3.05, 3.63) is 71.7 Å². The summed E-state index contributed by atoms with van der Waals surface area (Å²) in [5, 5.41) is 11.2. The molecule has 4 nitrogen and oxygen atoms in total. The van der Waals surface area contributed by atoms with Gasteiger partial charge in [0.2, 0.25) is 0 Å². The second kappa shape index (κ2) is 11.3. The molecule has 2 atom stereocenters. The van der Waals surface area contributed by atoms with E-state index in [2.05, 4.69) is 33.9 Å². The summed E-state index contributed by atoms with van der Waals surface area (Å²) in [5.74, 6) is 7.58. The van der Waals surface area contributed by atoms with Gasteiger partial charge in [-0.3, -0.25) is 9.88 Å². The van der Waals surface area contributed by atoms with Crippen molar-refractivity contribution in [2.75, 3.05) is 33.4 Å². The SMILES string of the molecule is COc1ccc2nccc(CCC[C@@H]3CCN(CC#Cc4cccc(F)c4)C[C@@H]3CO)c2c1. The average molecular weight is 447 g/mol. The number of nitrogens with zero attached hydrogens (tertiary/aromatic N) is 2. The molecule has 1 N–H and O–H groups in total. The van der Waals surface area contributed by atoms with Crippen molar-refractivity contribution in [1.82, 2.24) is 9.88 Å².